The summed E-state index contributed by atoms with van der Waals surface area (Å²) in [4.78, 5) is 24.6. The van der Waals surface area contributed by atoms with Crippen molar-refractivity contribution in [2.75, 3.05) is 6.61 Å². The number of ether oxygens (including phenoxy) is 1. The minimum absolute atomic E-state index is 0. The first-order chi connectivity index (χ1) is 16.6. The molecule has 194 valence electrons. The number of benzene rings is 1. The number of hydrogen-bond donors (Lipinski definition) is 1. The van der Waals surface area contributed by atoms with Gasteiger partial charge >= 0.3 is 35.5 Å². The molecule has 0 saturated carbocycles. The van der Waals surface area contributed by atoms with E-state index in [-0.39, 0.29) is 47.8 Å². The molecule has 35 heavy (non-hydrogen) atoms. The molecule has 1 amide bonds. The summed E-state index contributed by atoms with van der Waals surface area (Å²) in [7, 11) is 0. The van der Waals surface area contributed by atoms with Crippen molar-refractivity contribution < 1.29 is 49.0 Å². The van der Waals surface area contributed by atoms with Crippen LogP contribution in [0.3, 0.4) is 0 Å². The van der Waals surface area contributed by atoms with E-state index in [2.05, 4.69) is 12.2 Å². The molecule has 6 heteroatoms. The number of nitrogens with one attached hydrogen (secondary N) is 1. The average molecular weight is 498 g/mol. The van der Waals surface area contributed by atoms with Gasteiger partial charge in [0.05, 0.1) is 6.61 Å². The SMILES string of the molecule is CCCCCCCCCCCCCCCCCC(=O)NC(Cc1ccc([O-])cc1)C(=O)OCC.[Na+]. The normalized spacial score (nSPS) is 11.5. The smallest absolute Gasteiger partial charge is 0.872 e. The van der Waals surface area contributed by atoms with Gasteiger partial charge in [0.2, 0.25) is 5.91 Å². The number of carbonyl (C=O) groups is 2. The number of hydrogen-bond acceptors (Lipinski definition) is 4. The second-order valence-corrected chi connectivity index (χ2v) is 9.42. The third kappa shape index (κ3) is 18.8. The van der Waals surface area contributed by atoms with E-state index in [0.29, 0.717) is 12.8 Å². The van der Waals surface area contributed by atoms with Gasteiger partial charge in [-0.25, -0.2) is 4.79 Å². The third-order valence-electron chi connectivity index (χ3n) is 6.28. The molecular formula is C29H48NNaO4. The monoisotopic (exact) mass is 497 g/mol. The van der Waals surface area contributed by atoms with Gasteiger partial charge in [0, 0.05) is 12.8 Å². The minimum atomic E-state index is -0.721. The zero-order chi connectivity index (χ0) is 24.9. The molecule has 0 bridgehead atoms. The molecule has 1 atom stereocenters. The molecule has 0 radical (unpaired) electrons. The molecule has 0 fully saturated rings. The summed E-state index contributed by atoms with van der Waals surface area (Å²) in [6.45, 7) is 4.28. The second-order valence-electron chi connectivity index (χ2n) is 9.42. The third-order valence-corrected chi connectivity index (χ3v) is 6.28. The van der Waals surface area contributed by atoms with E-state index in [4.69, 9.17) is 4.74 Å². The molecule has 5 nitrogen and oxygen atoms in total. The topological polar surface area (TPSA) is 78.5 Å². The molecule has 0 aliphatic heterocycles. The maximum atomic E-state index is 12.4. The fraction of sp³-hybridized carbons (Fsp3) is 0.724. The van der Waals surface area contributed by atoms with Gasteiger partial charge in [-0.15, -0.1) is 5.75 Å². The van der Waals surface area contributed by atoms with E-state index < -0.39 is 12.0 Å². The molecule has 0 aliphatic rings. The Balaban J connectivity index is 0.0000116. The van der Waals surface area contributed by atoms with Gasteiger partial charge in [-0.05, 0) is 18.9 Å². The standard InChI is InChI=1S/C29H49NO4.Na/c1-3-5-6-7-8-9-10-11-12-13-14-15-16-17-18-19-28(32)30-27(29(33)34-4-2)24-25-20-22-26(31)23-21-25;/h20-23,27,31H,3-19,24H2,1-2H3,(H,30,32);/q;+1/p-1. The Morgan fingerprint density at radius 3 is 1.69 bits per heavy atom. The predicted octanol–water partition coefficient (Wildman–Crippen LogP) is 3.62. The summed E-state index contributed by atoms with van der Waals surface area (Å²) in [6.07, 6.45) is 20.1. The Kier molecular flexibility index (Phi) is 22.7. The molecule has 0 saturated heterocycles. The van der Waals surface area contributed by atoms with Crippen LogP contribution in [0.4, 0.5) is 0 Å². The fourth-order valence-electron chi connectivity index (χ4n) is 4.22. The van der Waals surface area contributed by atoms with Gasteiger partial charge in [-0.1, -0.05) is 121 Å². The summed E-state index contributed by atoms with van der Waals surface area (Å²) in [5, 5.41) is 14.1. The van der Waals surface area contributed by atoms with Crippen LogP contribution in [-0.4, -0.2) is 24.5 Å². The Bertz CT molecular complexity index is 651. The number of carbonyl (C=O) groups excluding carboxylic acids is 2. The molecule has 1 N–H and O–H groups in total. The van der Waals surface area contributed by atoms with Crippen molar-refractivity contribution in [3.05, 3.63) is 29.8 Å². The van der Waals surface area contributed by atoms with Gasteiger partial charge in [0.25, 0.3) is 0 Å². The molecule has 0 aromatic heterocycles. The van der Waals surface area contributed by atoms with E-state index in [9.17, 15) is 14.7 Å². The van der Waals surface area contributed by atoms with E-state index in [1.54, 1.807) is 19.1 Å². The van der Waals surface area contributed by atoms with Crippen LogP contribution in [0, 0.1) is 0 Å². The minimum Gasteiger partial charge on any atom is -0.872 e. The van der Waals surface area contributed by atoms with Crippen molar-refractivity contribution >= 4 is 11.9 Å². The van der Waals surface area contributed by atoms with Crippen LogP contribution in [0.1, 0.15) is 122 Å². The molecule has 0 heterocycles. The molecule has 1 aromatic rings. The molecular weight excluding hydrogens is 449 g/mol. The first-order valence-electron chi connectivity index (χ1n) is 13.8. The van der Waals surface area contributed by atoms with Gasteiger partial charge in [-0.2, -0.15) is 0 Å². The number of rotatable bonds is 21. The zero-order valence-electron chi connectivity index (χ0n) is 22.7. The van der Waals surface area contributed by atoms with Gasteiger partial charge in [0.1, 0.15) is 6.04 Å². The Hall–Kier alpha value is -1.04. The van der Waals surface area contributed by atoms with Crippen molar-refractivity contribution in [3.8, 4) is 5.75 Å². The molecule has 0 aliphatic carbocycles. The Morgan fingerprint density at radius 1 is 0.771 bits per heavy atom. The van der Waals surface area contributed by atoms with Crippen LogP contribution in [-0.2, 0) is 20.7 Å². The molecule has 1 aromatic carbocycles. The van der Waals surface area contributed by atoms with Crippen molar-refractivity contribution in [1.29, 1.82) is 0 Å². The van der Waals surface area contributed by atoms with Crippen LogP contribution >= 0.6 is 0 Å². The van der Waals surface area contributed by atoms with Gasteiger partial charge < -0.3 is 15.2 Å². The Labute approximate surface area is 236 Å². The summed E-state index contributed by atoms with van der Waals surface area (Å²) in [5.74, 6) is -0.625. The number of esters is 1. The van der Waals surface area contributed by atoms with Crippen LogP contribution in [0.15, 0.2) is 24.3 Å². The summed E-state index contributed by atoms with van der Waals surface area (Å²) >= 11 is 0. The van der Waals surface area contributed by atoms with Crippen LogP contribution in [0.2, 0.25) is 0 Å². The van der Waals surface area contributed by atoms with E-state index in [0.717, 1.165) is 24.8 Å². The number of unbranched alkanes of at least 4 members (excludes halogenated alkanes) is 14. The van der Waals surface area contributed by atoms with Crippen LogP contribution in [0.25, 0.3) is 0 Å². The van der Waals surface area contributed by atoms with Gasteiger partial charge in [-0.3, -0.25) is 4.79 Å². The second kappa shape index (κ2) is 23.4. The van der Waals surface area contributed by atoms with E-state index >= 15 is 0 Å². The van der Waals surface area contributed by atoms with Gasteiger partial charge in [0.15, 0.2) is 0 Å². The first-order valence-corrected chi connectivity index (χ1v) is 13.8. The van der Waals surface area contributed by atoms with E-state index in [1.165, 1.54) is 89.2 Å². The first kappa shape index (κ1) is 34.0. The zero-order valence-corrected chi connectivity index (χ0v) is 24.7. The quantitative estimate of drug-likeness (QED) is 0.160. The maximum absolute atomic E-state index is 12.4. The van der Waals surface area contributed by atoms with Crippen molar-refractivity contribution in [3.63, 3.8) is 0 Å². The van der Waals surface area contributed by atoms with Crippen LogP contribution < -0.4 is 40.0 Å². The predicted molar refractivity (Wildman–Crippen MR) is 138 cm³/mol. The molecule has 0 spiro atoms. The molecule has 1 unspecified atom stereocenters. The fourth-order valence-corrected chi connectivity index (χ4v) is 4.22. The maximum Gasteiger partial charge on any atom is 1.00 e. The van der Waals surface area contributed by atoms with Crippen molar-refractivity contribution in [2.24, 2.45) is 0 Å². The summed E-state index contributed by atoms with van der Waals surface area (Å²) in [6, 6.07) is 5.59. The summed E-state index contributed by atoms with van der Waals surface area (Å²) in [5.41, 5.74) is 0.824. The van der Waals surface area contributed by atoms with Crippen molar-refractivity contribution in [2.45, 2.75) is 129 Å². The Morgan fingerprint density at radius 2 is 1.23 bits per heavy atom. The van der Waals surface area contributed by atoms with E-state index in [1.807, 2.05) is 0 Å². The largest absolute Gasteiger partial charge is 1.00 e. The molecule has 1 rings (SSSR count). The summed E-state index contributed by atoms with van der Waals surface area (Å²) < 4.78 is 5.12. The van der Waals surface area contributed by atoms with Crippen LogP contribution in [0.5, 0.6) is 5.75 Å². The number of amides is 1. The average Bonchev–Trinajstić information content (AvgIpc) is 2.82. The van der Waals surface area contributed by atoms with Crippen molar-refractivity contribution in [1.82, 2.24) is 5.32 Å².